The molecule has 0 aromatic heterocycles. The van der Waals surface area contributed by atoms with Gasteiger partial charge in [0.1, 0.15) is 11.6 Å². The summed E-state index contributed by atoms with van der Waals surface area (Å²) in [4.78, 5) is 64.5. The van der Waals surface area contributed by atoms with Gasteiger partial charge in [0.25, 0.3) is 0 Å². The monoisotopic (exact) mass is 733 g/mol. The SMILES string of the molecule is CCCC(CN(C)[C-]=O)C(=O)O.CCCC(CN(C)[C-]=O)C(C)=O.CCCC(CNC)C(C)=O.[3H]P.[3H]PC(=O)O.[CH3-].[CH3-].[V+2].[V+2]. The minimum Gasteiger partial charge on any atom is -0.520 e. The first-order valence-electron chi connectivity index (χ1n) is 13.8. The first-order chi connectivity index (χ1) is 19.2. The molecule has 0 aromatic rings. The maximum atomic E-state index is 11.0. The van der Waals surface area contributed by atoms with E-state index in [4.69, 9.17) is 12.8 Å². The fraction of sp³-hybridized carbons (Fsp3) is 0.714. The first-order valence-corrected chi connectivity index (χ1v) is 13.2. The second-order valence-electron chi connectivity index (χ2n) is 8.82. The van der Waals surface area contributed by atoms with E-state index >= 15 is 0 Å². The van der Waals surface area contributed by atoms with Gasteiger partial charge in [-0.25, -0.2) is 4.79 Å². The molecule has 5 unspecified atom stereocenters. The van der Waals surface area contributed by atoms with Gasteiger partial charge >= 0.3 is 48.8 Å². The van der Waals surface area contributed by atoms with Crippen molar-refractivity contribution >= 4 is 55.1 Å². The van der Waals surface area contributed by atoms with E-state index in [-0.39, 0.29) is 76.1 Å². The van der Waals surface area contributed by atoms with Gasteiger partial charge in [-0.3, -0.25) is 14.4 Å². The third-order valence-electron chi connectivity index (χ3n) is 5.16. The van der Waals surface area contributed by atoms with Gasteiger partial charge in [0.05, 0.1) is 8.48 Å². The quantitative estimate of drug-likeness (QED) is 0.107. The van der Waals surface area contributed by atoms with Crippen molar-refractivity contribution in [2.24, 2.45) is 17.8 Å². The summed E-state index contributed by atoms with van der Waals surface area (Å²) in [6, 6.07) is 0. The smallest absolute Gasteiger partial charge is 0.520 e. The molecule has 0 saturated heterocycles. The Kier molecular flexibility index (Phi) is 61.4. The van der Waals surface area contributed by atoms with Crippen LogP contribution in [0.1, 0.15) is 73.1 Å². The number of hydrogen-bond acceptors (Lipinski definition) is 7. The minimum absolute atomic E-state index is 0. The molecule has 3 N–H and O–H groups in total. The second kappa shape index (κ2) is 45.6. The van der Waals surface area contributed by atoms with Crippen LogP contribution in [0.15, 0.2) is 0 Å². The van der Waals surface area contributed by atoms with Crippen LogP contribution >= 0.6 is 19.0 Å². The van der Waals surface area contributed by atoms with Crippen molar-refractivity contribution in [3.05, 3.63) is 14.9 Å². The Hall–Kier alpha value is -0.791. The molecule has 0 rings (SSSR count). The number of Topliss-reactive ketones (excluding diaryl/α,β-unsaturated/α-hetero) is 2. The number of rotatable bonds is 18. The normalized spacial score (nSPS) is 11.2. The number of carbonyl (C=O) groups excluding carboxylic acids is 4. The van der Waals surface area contributed by atoms with E-state index in [1.54, 1.807) is 43.6 Å². The Morgan fingerprint density at radius 2 is 1.12 bits per heavy atom. The number of carbonyl (C=O) groups is 4. The Morgan fingerprint density at radius 1 is 0.814 bits per heavy atom. The van der Waals surface area contributed by atoms with Gasteiger partial charge in [0.2, 0.25) is 0 Å². The molecule has 0 aliphatic heterocycles. The number of hydrogen-bond donors (Lipinski definition) is 3. The number of carboxylic acid groups (broad SMARTS) is 2. The molecule has 0 heterocycles. The van der Waals surface area contributed by atoms with Crippen LogP contribution in [0.3, 0.4) is 0 Å². The van der Waals surface area contributed by atoms with E-state index in [1.807, 2.05) is 20.9 Å². The van der Waals surface area contributed by atoms with Crippen LogP contribution in [0.25, 0.3) is 0 Å². The molecular weight excluding hydrogens is 670 g/mol. The number of amides is 2. The summed E-state index contributed by atoms with van der Waals surface area (Å²) in [6.45, 7) is 10.8. The predicted octanol–water partition coefficient (Wildman–Crippen LogP) is 4.18. The second-order valence-corrected chi connectivity index (χ2v) is 9.25. The molecule has 0 fully saturated rings. The van der Waals surface area contributed by atoms with E-state index < -0.39 is 26.8 Å². The maximum absolute atomic E-state index is 11.0. The average Bonchev–Trinajstić information content (AvgIpc) is 2.94. The molecule has 2 amide bonds. The van der Waals surface area contributed by atoms with Gasteiger partial charge in [-0.1, -0.05) is 40.0 Å². The van der Waals surface area contributed by atoms with Crippen molar-refractivity contribution in [1.82, 2.24) is 15.1 Å². The van der Waals surface area contributed by atoms with Gasteiger partial charge in [0, 0.05) is 24.9 Å². The summed E-state index contributed by atoms with van der Waals surface area (Å²) >= 11 is 0. The molecule has 0 spiro atoms. The zero-order valence-corrected chi connectivity index (χ0v) is 32.8. The number of carboxylic acids is 1. The van der Waals surface area contributed by atoms with Gasteiger partial charge in [-0.2, -0.15) is 22.7 Å². The largest absolute Gasteiger partial charge is 2.00 e. The third kappa shape index (κ3) is 51.1. The Labute approximate surface area is 294 Å². The number of aliphatic carboxylic acids is 1. The number of nitrogens with one attached hydrogen (secondary N) is 1. The third-order valence-corrected chi connectivity index (χ3v) is 5.16. The van der Waals surface area contributed by atoms with Crippen molar-refractivity contribution in [2.75, 3.05) is 40.8 Å². The van der Waals surface area contributed by atoms with E-state index in [9.17, 15) is 28.8 Å². The molecule has 5 atom stereocenters. The topological polar surface area (TPSA) is 161 Å². The molecule has 0 aromatic carbocycles. The molecule has 0 saturated carbocycles. The standard InChI is InChI=1S/C9H16NO2.C8H14NO3.C8H17NO.CH3O2P.2CH3.H3P.2V/c1-4-5-9(8(2)12)6-10(3)7-11;1-3-4-7(8(11)12)5-9(2)6-10;1-4-5-8(6-9-3)7(2)10;2-1(3)4;;;;;/h9H,4-6H2,1-3H3;7H,3-5H2,1-2H3,(H,11,12);8-9H,4-6H2,1-3H3;4H2,(H,2,3);3*1H3;;/q2*-1;;;2*-1;;2*+2/i;;;4T;;;1T;;. The fourth-order valence-electron chi connectivity index (χ4n) is 3.19. The molecule has 254 valence electrons. The Morgan fingerprint density at radius 3 is 1.35 bits per heavy atom. The van der Waals surface area contributed by atoms with Crippen molar-refractivity contribution in [3.8, 4) is 0 Å². The van der Waals surface area contributed by atoms with Crippen LogP contribution in [0, 0.1) is 32.6 Å². The first kappa shape index (κ1) is 57.8. The van der Waals surface area contributed by atoms with E-state index in [2.05, 4.69) is 12.2 Å². The number of ketones is 2. The minimum atomic E-state index is -1.05. The van der Waals surface area contributed by atoms with Crippen LogP contribution in [-0.2, 0) is 61.1 Å². The number of nitrogens with zero attached hydrogens (tertiary/aromatic N) is 2. The van der Waals surface area contributed by atoms with Crippen LogP contribution in [0.4, 0.5) is 4.79 Å². The van der Waals surface area contributed by atoms with Crippen molar-refractivity contribution in [2.45, 2.75) is 73.1 Å². The molecular formula is C28H59N3O8P2V2. The molecule has 11 nitrogen and oxygen atoms in total. The average molecular weight is 734 g/mol. The summed E-state index contributed by atoms with van der Waals surface area (Å²) in [5, 5.41) is 19.3. The predicted molar refractivity (Wildman–Crippen MR) is 176 cm³/mol. The maximum Gasteiger partial charge on any atom is 2.00 e. The van der Waals surface area contributed by atoms with Crippen LogP contribution < -0.4 is 5.32 Å². The van der Waals surface area contributed by atoms with Crippen LogP contribution in [-0.4, -0.2) is 99.4 Å². The van der Waals surface area contributed by atoms with Crippen molar-refractivity contribution < 1.29 is 76.1 Å². The van der Waals surface area contributed by atoms with Crippen molar-refractivity contribution in [3.63, 3.8) is 0 Å². The summed E-state index contributed by atoms with van der Waals surface area (Å²) < 4.78 is 11.8. The van der Waals surface area contributed by atoms with E-state index in [0.717, 1.165) is 38.6 Å². The molecule has 0 aliphatic carbocycles. The van der Waals surface area contributed by atoms with E-state index in [1.165, 1.54) is 16.8 Å². The van der Waals surface area contributed by atoms with Crippen LogP contribution in [0.5, 0.6) is 0 Å². The molecule has 0 aliphatic rings. The summed E-state index contributed by atoms with van der Waals surface area (Å²) in [6.07, 6.45) is 8.69. The van der Waals surface area contributed by atoms with Crippen LogP contribution in [0.2, 0.25) is 0 Å². The Bertz CT molecular complexity index is 666. The summed E-state index contributed by atoms with van der Waals surface area (Å²) in [7, 11) is 5.99. The van der Waals surface area contributed by atoms with Gasteiger partial charge in [-0.05, 0) is 70.0 Å². The summed E-state index contributed by atoms with van der Waals surface area (Å²) in [5.74, 6) is -0.632. The fourth-order valence-corrected chi connectivity index (χ4v) is 3.19. The van der Waals surface area contributed by atoms with Crippen molar-refractivity contribution in [1.29, 1.82) is 2.56 Å². The van der Waals surface area contributed by atoms with Gasteiger partial charge in [-0.15, -0.1) is 0 Å². The van der Waals surface area contributed by atoms with E-state index in [0.29, 0.717) is 18.7 Å². The molecule has 2 radical (unpaired) electrons. The Balaban J connectivity index is -0.0000000538. The van der Waals surface area contributed by atoms with Gasteiger partial charge in [0.15, 0.2) is 0 Å². The summed E-state index contributed by atoms with van der Waals surface area (Å²) in [5.41, 5.74) is -1.05. The molecule has 0 bridgehead atoms. The molecule has 43 heavy (non-hydrogen) atoms. The van der Waals surface area contributed by atoms with Gasteiger partial charge < -0.3 is 49.8 Å². The zero-order chi connectivity index (χ0) is 33.4. The zero-order valence-electron chi connectivity index (χ0n) is 29.8. The molecule has 15 heteroatoms.